The summed E-state index contributed by atoms with van der Waals surface area (Å²) >= 11 is 0. The molecule has 0 radical (unpaired) electrons. The highest BCUT2D eigenvalue weighted by Gasteiger charge is 2.57. The normalized spacial score (nSPS) is 18.5. The minimum atomic E-state index is -0.453. The number of anilines is 6. The topological polar surface area (TPSA) is 71.4 Å². The van der Waals surface area contributed by atoms with Crippen LogP contribution in [-0.2, 0) is 21.7 Å². The highest BCUT2D eigenvalue weighted by Crippen LogP contribution is 2.70. The number of aromatic nitrogens is 3. The molecule has 1 fully saturated rings. The third-order valence-electron chi connectivity index (χ3n) is 28.3. The molecule has 7 nitrogen and oxygen atoms in total. The highest BCUT2D eigenvalue weighted by molar-refractivity contribution is 6.14. The van der Waals surface area contributed by atoms with E-state index in [0.717, 1.165) is 103 Å². The Hall–Kier alpha value is -13.5. The first-order valence-electron chi connectivity index (χ1n) is 41.9. The van der Waals surface area contributed by atoms with Gasteiger partial charge in [0.15, 0.2) is 17.5 Å². The Morgan fingerprint density at radius 3 is 1.68 bits per heavy atom. The predicted molar refractivity (Wildman–Crippen MR) is 477 cm³/mol. The zero-order chi connectivity index (χ0) is 77.5. The van der Waals surface area contributed by atoms with E-state index in [1.165, 1.54) is 147 Å². The molecule has 7 heteroatoms. The van der Waals surface area contributed by atoms with Gasteiger partial charge in [0.2, 0.25) is 0 Å². The molecule has 2 spiro atoms. The first kappa shape index (κ1) is 66.9. The third-order valence-corrected chi connectivity index (χ3v) is 28.3. The number of benzene rings is 15. The van der Waals surface area contributed by atoms with Gasteiger partial charge in [-0.25, -0.2) is 15.0 Å². The van der Waals surface area contributed by atoms with Crippen molar-refractivity contribution in [3.63, 3.8) is 0 Å². The average Bonchev–Trinajstić information content (AvgIpc) is 1.16. The maximum Gasteiger partial charge on any atom is 0.164 e. The van der Waals surface area contributed by atoms with Gasteiger partial charge in [-0.15, -0.1) is 0 Å². The van der Waals surface area contributed by atoms with Gasteiger partial charge < -0.3 is 18.6 Å². The van der Waals surface area contributed by atoms with Gasteiger partial charge in [0, 0.05) is 89.0 Å². The smallest absolute Gasteiger partial charge is 0.164 e. The zero-order valence-electron chi connectivity index (χ0n) is 66.0. The van der Waals surface area contributed by atoms with Crippen molar-refractivity contribution in [1.82, 2.24) is 15.0 Å². The van der Waals surface area contributed by atoms with E-state index in [2.05, 4.69) is 323 Å². The minimum absolute atomic E-state index is 0.0233. The van der Waals surface area contributed by atoms with Crippen LogP contribution in [-0.4, -0.2) is 15.0 Å². The molecule has 4 bridgehead atoms. The van der Waals surface area contributed by atoms with Crippen molar-refractivity contribution in [2.45, 2.75) is 107 Å². The molecule has 2 atom stereocenters. The summed E-state index contributed by atoms with van der Waals surface area (Å²) in [6.45, 7) is 12.0. The van der Waals surface area contributed by atoms with Crippen LogP contribution in [0.4, 0.5) is 34.1 Å². The lowest BCUT2D eigenvalue weighted by Gasteiger charge is -2.55. The number of hydrogen-bond donors (Lipinski definition) is 0. The largest absolute Gasteiger partial charge is 0.456 e. The molecular weight excluding hydrogens is 1420 g/mol. The fourth-order valence-corrected chi connectivity index (χ4v) is 22.9. The van der Waals surface area contributed by atoms with Crippen LogP contribution in [0.25, 0.3) is 134 Å². The molecule has 0 amide bonds. The summed E-state index contributed by atoms with van der Waals surface area (Å²) in [4.78, 5) is 20.8. The first-order valence-corrected chi connectivity index (χ1v) is 41.9. The lowest BCUT2D eigenvalue weighted by Crippen LogP contribution is -2.45. The van der Waals surface area contributed by atoms with Crippen LogP contribution in [0.15, 0.2) is 324 Å². The molecule has 1 saturated carbocycles. The lowest BCUT2D eigenvalue weighted by molar-refractivity contribution is 0.278. The summed E-state index contributed by atoms with van der Waals surface area (Å²) in [5, 5.41) is 4.58. The van der Waals surface area contributed by atoms with Crippen LogP contribution in [0.2, 0.25) is 0 Å². The summed E-state index contributed by atoms with van der Waals surface area (Å²) < 4.78 is 14.1. The quantitative estimate of drug-likeness (QED) is 0.143. The molecule has 558 valence electrons. The van der Waals surface area contributed by atoms with Crippen molar-refractivity contribution >= 4 is 78.0 Å². The summed E-state index contributed by atoms with van der Waals surface area (Å²) in [5.74, 6) is 2.50. The van der Waals surface area contributed by atoms with Crippen LogP contribution in [0, 0.1) is 0 Å². The van der Waals surface area contributed by atoms with Gasteiger partial charge in [-0.2, -0.15) is 0 Å². The van der Waals surface area contributed by atoms with Crippen LogP contribution in [0.1, 0.15) is 146 Å². The van der Waals surface area contributed by atoms with Gasteiger partial charge in [-0.3, -0.25) is 0 Å². The van der Waals surface area contributed by atoms with Crippen molar-refractivity contribution in [2.75, 3.05) is 9.80 Å². The number of para-hydroxylation sites is 3. The lowest BCUT2D eigenvalue weighted by atomic mass is 9.50. The van der Waals surface area contributed by atoms with Crippen LogP contribution in [0.3, 0.4) is 0 Å². The summed E-state index contributed by atoms with van der Waals surface area (Å²) in [6, 6.07) is 118. The van der Waals surface area contributed by atoms with E-state index in [4.69, 9.17) is 23.8 Å². The Balaban J connectivity index is 0.602. The Labute approximate surface area is 680 Å². The molecule has 7 aliphatic carbocycles. The van der Waals surface area contributed by atoms with Crippen molar-refractivity contribution in [3.8, 4) is 89.8 Å². The van der Waals surface area contributed by atoms with Crippen molar-refractivity contribution in [2.24, 2.45) is 0 Å². The number of nitrogens with zero attached hydrogens (tertiary/aromatic N) is 5. The van der Waals surface area contributed by atoms with E-state index in [-0.39, 0.29) is 22.2 Å². The highest BCUT2D eigenvalue weighted by atomic mass is 16.3. The second-order valence-electron chi connectivity index (χ2n) is 35.5. The molecule has 5 heterocycles. The monoisotopic (exact) mass is 1500 g/mol. The number of fused-ring (bicyclic) bond motifs is 14. The van der Waals surface area contributed by atoms with Crippen LogP contribution >= 0.6 is 0 Å². The van der Waals surface area contributed by atoms with Gasteiger partial charge in [-0.1, -0.05) is 283 Å². The SMILES string of the molecule is CC(C)(C)c1ccc2c(c1)C13CCC(CC1)c1c(-c4cccc5c4oc4c(-c6ccccc6)cccc45)ccc(c13)N2c1ccc2c(c1)C(C)(C)c1ccc(-c3ccc(-c4ccc5c6c4C4CCC6(c6ccccc64)c4cc6c(cc4N5c4cccc(-c5nc(-c7ccccc7)nc(-c7ccccc7)n5)c4)oc4ccccc46)cc3)cc1-2. The maximum atomic E-state index is 7.23. The Kier molecular flexibility index (Phi) is 13.9. The number of rotatable bonds is 9. The van der Waals surface area contributed by atoms with E-state index >= 15 is 0 Å². The van der Waals surface area contributed by atoms with Crippen molar-refractivity contribution in [3.05, 3.63) is 377 Å². The average molecular weight is 1500 g/mol. The standard InChI is InChI=1S/C110H81N5O2/c1-107(2,3)72-43-49-92-90(60-72)109-55-52-67(53-56-109)98-80(82-33-21-35-84-83-34-20-32-76(102(83)117-103(82)84)65-22-9-6-10-23-65)47-51-93(100(98)109)114(92)74-44-45-78-85-59-70(42-48-87(85)108(4,5)89(78)61-74)64-38-40-66(41-39-64)75-46-50-94-101-99(75)81-54-57-110(101,88-36-17-15-30-77(81)88)91-62-86-79-31-16-18-37-96(79)116-97(86)63-95(91)115(94)73-29-19-28-71(58-73)106-112-104(68-24-11-7-12-25-68)111-105(113-106)69-26-13-8-14-27-69/h6-51,58-63,67,81H,52-57H2,1-5H3. The minimum Gasteiger partial charge on any atom is -0.456 e. The molecule has 9 aliphatic rings. The van der Waals surface area contributed by atoms with E-state index < -0.39 is 5.41 Å². The second kappa shape index (κ2) is 24.3. The van der Waals surface area contributed by atoms with E-state index in [1.807, 2.05) is 36.4 Å². The predicted octanol–water partition coefficient (Wildman–Crippen LogP) is 29.0. The van der Waals surface area contributed by atoms with Crippen LogP contribution < -0.4 is 9.80 Å². The Bertz CT molecular complexity index is 7240. The maximum absolute atomic E-state index is 7.23. The van der Waals surface area contributed by atoms with Crippen molar-refractivity contribution < 1.29 is 8.83 Å². The molecular formula is C110H81N5O2. The second-order valence-corrected chi connectivity index (χ2v) is 35.5. The summed E-state index contributed by atoms with van der Waals surface area (Å²) in [7, 11) is 0. The fraction of sp³-hybridized carbons (Fsp3) is 0.155. The Morgan fingerprint density at radius 2 is 0.923 bits per heavy atom. The molecule has 2 unspecified atom stereocenters. The van der Waals surface area contributed by atoms with E-state index in [1.54, 1.807) is 0 Å². The summed E-state index contributed by atoms with van der Waals surface area (Å²) in [6.07, 6.45) is 6.64. The number of hydrogen-bond acceptors (Lipinski definition) is 7. The third kappa shape index (κ3) is 9.42. The van der Waals surface area contributed by atoms with Gasteiger partial charge in [0.25, 0.3) is 0 Å². The molecule has 15 aromatic carbocycles. The fourth-order valence-electron chi connectivity index (χ4n) is 22.9. The first-order chi connectivity index (χ1) is 57.3. The van der Waals surface area contributed by atoms with Gasteiger partial charge in [0.05, 0.1) is 22.7 Å². The van der Waals surface area contributed by atoms with E-state index in [0.29, 0.717) is 23.4 Å². The molecule has 117 heavy (non-hydrogen) atoms. The summed E-state index contributed by atoms with van der Waals surface area (Å²) in [5.41, 5.74) is 40.6. The van der Waals surface area contributed by atoms with Crippen molar-refractivity contribution in [1.29, 1.82) is 0 Å². The molecule has 0 N–H and O–H groups in total. The van der Waals surface area contributed by atoms with E-state index in [9.17, 15) is 0 Å². The molecule has 3 aromatic heterocycles. The Morgan fingerprint density at radius 1 is 0.333 bits per heavy atom. The molecule has 0 saturated heterocycles. The molecule has 27 rings (SSSR count). The molecule has 18 aromatic rings. The van der Waals surface area contributed by atoms with Gasteiger partial charge >= 0.3 is 0 Å². The number of furan rings is 2. The molecule has 2 aliphatic heterocycles. The zero-order valence-corrected chi connectivity index (χ0v) is 66.0. The van der Waals surface area contributed by atoms with Gasteiger partial charge in [0.1, 0.15) is 22.3 Å². The van der Waals surface area contributed by atoms with Crippen LogP contribution in [0.5, 0.6) is 0 Å². The van der Waals surface area contributed by atoms with Gasteiger partial charge in [-0.05, 0) is 216 Å².